The van der Waals surface area contributed by atoms with Gasteiger partial charge >= 0.3 is 0 Å². The molecular formula is C13H19N5O. The van der Waals surface area contributed by atoms with E-state index in [0.29, 0.717) is 11.7 Å². The Morgan fingerprint density at radius 1 is 1.26 bits per heavy atom. The van der Waals surface area contributed by atoms with Crippen LogP contribution in [0.2, 0.25) is 0 Å². The minimum atomic E-state index is -0.462. The van der Waals surface area contributed by atoms with Gasteiger partial charge in [0.25, 0.3) is 0 Å². The Labute approximate surface area is 112 Å². The lowest BCUT2D eigenvalue weighted by Crippen LogP contribution is -2.36. The molecule has 1 saturated carbocycles. The Bertz CT molecular complexity index is 551. The maximum Gasteiger partial charge on any atom is 0.247 e. The van der Waals surface area contributed by atoms with Crippen LogP contribution in [0.15, 0.2) is 16.8 Å². The molecule has 6 nitrogen and oxygen atoms in total. The summed E-state index contributed by atoms with van der Waals surface area (Å²) in [5.41, 5.74) is 6.71. The number of aryl methyl sites for hydroxylation is 1. The van der Waals surface area contributed by atoms with Gasteiger partial charge in [0, 0.05) is 13.2 Å². The molecule has 2 heterocycles. The van der Waals surface area contributed by atoms with Gasteiger partial charge in [-0.15, -0.1) is 0 Å². The molecule has 102 valence electrons. The topological polar surface area (TPSA) is 82.8 Å². The lowest BCUT2D eigenvalue weighted by atomic mass is 9.91. The van der Waals surface area contributed by atoms with Crippen LogP contribution < -0.4 is 5.73 Å². The predicted octanol–water partition coefficient (Wildman–Crippen LogP) is 1.98. The summed E-state index contributed by atoms with van der Waals surface area (Å²) in [5, 5.41) is 8.28. The van der Waals surface area contributed by atoms with E-state index in [4.69, 9.17) is 10.3 Å². The summed E-state index contributed by atoms with van der Waals surface area (Å²) in [5.74, 6) is 1.07. The number of hydrogen-bond acceptors (Lipinski definition) is 5. The Kier molecular flexibility index (Phi) is 3.10. The molecule has 0 aromatic carbocycles. The first-order valence-electron chi connectivity index (χ1n) is 6.80. The van der Waals surface area contributed by atoms with Crippen LogP contribution in [0.25, 0.3) is 11.5 Å². The number of rotatable bonds is 2. The van der Waals surface area contributed by atoms with E-state index < -0.39 is 5.54 Å². The van der Waals surface area contributed by atoms with Crippen molar-refractivity contribution in [3.63, 3.8) is 0 Å². The van der Waals surface area contributed by atoms with Crippen molar-refractivity contribution >= 4 is 0 Å². The molecular weight excluding hydrogens is 242 g/mol. The molecule has 19 heavy (non-hydrogen) atoms. The van der Waals surface area contributed by atoms with Gasteiger partial charge < -0.3 is 10.3 Å². The average molecular weight is 261 g/mol. The Balaban J connectivity index is 1.87. The van der Waals surface area contributed by atoms with E-state index in [1.54, 1.807) is 4.68 Å². The third-order valence-corrected chi connectivity index (χ3v) is 3.79. The Morgan fingerprint density at radius 3 is 2.63 bits per heavy atom. The molecule has 0 spiro atoms. The summed E-state index contributed by atoms with van der Waals surface area (Å²) in [6.07, 6.45) is 8.40. The van der Waals surface area contributed by atoms with Crippen LogP contribution in [0, 0.1) is 0 Å². The second-order valence-corrected chi connectivity index (χ2v) is 5.37. The van der Waals surface area contributed by atoms with E-state index in [1.165, 1.54) is 12.8 Å². The maximum absolute atomic E-state index is 6.46. The minimum absolute atomic E-state index is 0.462. The highest BCUT2D eigenvalue weighted by Gasteiger charge is 2.34. The zero-order valence-corrected chi connectivity index (χ0v) is 11.2. The van der Waals surface area contributed by atoms with Crippen molar-refractivity contribution in [2.75, 3.05) is 0 Å². The molecule has 1 aliphatic carbocycles. The largest absolute Gasteiger partial charge is 0.337 e. The Morgan fingerprint density at radius 2 is 2.00 bits per heavy atom. The van der Waals surface area contributed by atoms with Gasteiger partial charge in [0.1, 0.15) is 5.69 Å². The Hall–Kier alpha value is -1.69. The van der Waals surface area contributed by atoms with Crippen molar-refractivity contribution in [3.05, 3.63) is 18.2 Å². The SMILES string of the molecule is Cn1ccc(-c2noc(C3(N)CCCCCC3)n2)n1. The van der Waals surface area contributed by atoms with Gasteiger partial charge in [-0.25, -0.2) is 0 Å². The smallest absolute Gasteiger partial charge is 0.247 e. The third-order valence-electron chi connectivity index (χ3n) is 3.79. The number of nitrogens with zero attached hydrogens (tertiary/aromatic N) is 4. The van der Waals surface area contributed by atoms with E-state index in [0.717, 1.165) is 31.4 Å². The van der Waals surface area contributed by atoms with Crippen LogP contribution >= 0.6 is 0 Å². The van der Waals surface area contributed by atoms with Crippen LogP contribution in [-0.2, 0) is 12.6 Å². The fraction of sp³-hybridized carbons (Fsp3) is 0.615. The van der Waals surface area contributed by atoms with Crippen LogP contribution in [0.1, 0.15) is 44.4 Å². The minimum Gasteiger partial charge on any atom is -0.337 e. The average Bonchev–Trinajstić information content (AvgIpc) is 2.97. The van der Waals surface area contributed by atoms with Crippen molar-refractivity contribution in [2.24, 2.45) is 12.8 Å². The van der Waals surface area contributed by atoms with Crippen molar-refractivity contribution in [3.8, 4) is 11.5 Å². The molecule has 0 atom stereocenters. The number of aromatic nitrogens is 4. The normalized spacial score (nSPS) is 19.3. The van der Waals surface area contributed by atoms with Gasteiger partial charge in [0.05, 0.1) is 5.54 Å². The first-order valence-corrected chi connectivity index (χ1v) is 6.80. The molecule has 1 aliphatic rings. The summed E-state index contributed by atoms with van der Waals surface area (Å²) in [6, 6.07) is 1.87. The zero-order chi connectivity index (χ0) is 13.3. The number of hydrogen-bond donors (Lipinski definition) is 1. The summed E-state index contributed by atoms with van der Waals surface area (Å²) in [4.78, 5) is 4.45. The third kappa shape index (κ3) is 2.40. The van der Waals surface area contributed by atoms with Crippen LogP contribution in [0.5, 0.6) is 0 Å². The van der Waals surface area contributed by atoms with Crippen LogP contribution in [0.4, 0.5) is 0 Å². The molecule has 2 N–H and O–H groups in total. The predicted molar refractivity (Wildman–Crippen MR) is 70.1 cm³/mol. The van der Waals surface area contributed by atoms with E-state index >= 15 is 0 Å². The van der Waals surface area contributed by atoms with Crippen molar-refractivity contribution in [1.29, 1.82) is 0 Å². The van der Waals surface area contributed by atoms with Crippen molar-refractivity contribution < 1.29 is 4.52 Å². The first-order chi connectivity index (χ1) is 9.17. The molecule has 6 heteroatoms. The molecule has 0 amide bonds. The summed E-state index contributed by atoms with van der Waals surface area (Å²) < 4.78 is 7.11. The van der Waals surface area contributed by atoms with E-state index in [-0.39, 0.29) is 0 Å². The molecule has 0 unspecified atom stereocenters. The lowest BCUT2D eigenvalue weighted by Gasteiger charge is -2.22. The first kappa shape index (κ1) is 12.3. The maximum atomic E-state index is 6.46. The van der Waals surface area contributed by atoms with Gasteiger partial charge in [0.15, 0.2) is 0 Å². The fourth-order valence-corrected chi connectivity index (χ4v) is 2.64. The monoisotopic (exact) mass is 261 g/mol. The molecule has 2 aromatic heterocycles. The van der Waals surface area contributed by atoms with Gasteiger partial charge in [-0.1, -0.05) is 30.8 Å². The summed E-state index contributed by atoms with van der Waals surface area (Å²) in [7, 11) is 1.86. The van der Waals surface area contributed by atoms with Crippen LogP contribution in [0.3, 0.4) is 0 Å². The van der Waals surface area contributed by atoms with Gasteiger partial charge in [-0.2, -0.15) is 10.1 Å². The zero-order valence-electron chi connectivity index (χ0n) is 11.2. The van der Waals surface area contributed by atoms with Crippen LogP contribution in [-0.4, -0.2) is 19.9 Å². The highest BCUT2D eigenvalue weighted by Crippen LogP contribution is 2.33. The van der Waals surface area contributed by atoms with Crippen molar-refractivity contribution in [1.82, 2.24) is 19.9 Å². The van der Waals surface area contributed by atoms with E-state index in [2.05, 4.69) is 15.2 Å². The molecule has 2 aromatic rings. The quantitative estimate of drug-likeness (QED) is 0.836. The van der Waals surface area contributed by atoms with E-state index in [9.17, 15) is 0 Å². The van der Waals surface area contributed by atoms with Crippen molar-refractivity contribution in [2.45, 2.75) is 44.1 Å². The molecule has 0 saturated heterocycles. The number of nitrogens with two attached hydrogens (primary N) is 1. The highest BCUT2D eigenvalue weighted by atomic mass is 16.5. The molecule has 0 bridgehead atoms. The lowest BCUT2D eigenvalue weighted by molar-refractivity contribution is 0.257. The molecule has 0 aliphatic heterocycles. The molecule has 0 radical (unpaired) electrons. The molecule has 3 rings (SSSR count). The van der Waals surface area contributed by atoms with Gasteiger partial charge in [0.2, 0.25) is 11.7 Å². The summed E-state index contributed by atoms with van der Waals surface area (Å²) >= 11 is 0. The standard InChI is InChI=1S/C13H19N5O/c1-18-9-6-10(16-18)11-15-12(19-17-11)13(14)7-4-2-3-5-8-13/h6,9H,2-5,7-8,14H2,1H3. The van der Waals surface area contributed by atoms with Gasteiger partial charge in [-0.05, 0) is 18.9 Å². The van der Waals surface area contributed by atoms with Gasteiger partial charge in [-0.3, -0.25) is 4.68 Å². The second-order valence-electron chi connectivity index (χ2n) is 5.37. The highest BCUT2D eigenvalue weighted by molar-refractivity contribution is 5.46. The summed E-state index contributed by atoms with van der Waals surface area (Å²) in [6.45, 7) is 0. The van der Waals surface area contributed by atoms with E-state index in [1.807, 2.05) is 19.3 Å². The second kappa shape index (κ2) is 4.77. The fourth-order valence-electron chi connectivity index (χ4n) is 2.64. The molecule has 1 fully saturated rings.